The highest BCUT2D eigenvalue weighted by Gasteiger charge is 2.22. The van der Waals surface area contributed by atoms with Crippen LogP contribution in [0.2, 0.25) is 0 Å². The summed E-state index contributed by atoms with van der Waals surface area (Å²) in [4.78, 5) is 3.03. The molecule has 0 aliphatic rings. The molecule has 0 bridgehead atoms. The van der Waals surface area contributed by atoms with E-state index in [9.17, 15) is 8.42 Å². The number of likely N-dealkylation sites (N-methyl/N-ethyl adjacent to an activating group) is 1. The lowest BCUT2D eigenvalue weighted by molar-refractivity contribution is 0.370. The van der Waals surface area contributed by atoms with Gasteiger partial charge in [-0.05, 0) is 43.0 Å². The van der Waals surface area contributed by atoms with Crippen molar-refractivity contribution in [2.45, 2.75) is 24.4 Å². The number of halogens is 1. The molecule has 0 saturated heterocycles. The first-order valence-corrected chi connectivity index (χ1v) is 8.51. The standard InChI is InChI=1S/C10H18BrN3O2S2/c1-7(6-14(2)3)13-18(15,16)9-4-8(5-12)17-10(9)11/h4,7,13H,5-6,12H2,1-3H3. The molecule has 1 aromatic heterocycles. The topological polar surface area (TPSA) is 75.4 Å². The molecular formula is C10H18BrN3O2S2. The Bertz CT molecular complexity index is 499. The predicted octanol–water partition coefficient (Wildman–Crippen LogP) is 1.20. The lowest BCUT2D eigenvalue weighted by atomic mass is 10.3. The molecule has 1 atom stereocenters. The molecule has 1 heterocycles. The van der Waals surface area contributed by atoms with E-state index in [1.807, 2.05) is 25.9 Å². The molecule has 0 aromatic carbocycles. The summed E-state index contributed by atoms with van der Waals surface area (Å²) in [6.07, 6.45) is 0. The van der Waals surface area contributed by atoms with E-state index in [0.29, 0.717) is 16.9 Å². The smallest absolute Gasteiger partial charge is 0.242 e. The molecule has 5 nitrogen and oxygen atoms in total. The van der Waals surface area contributed by atoms with E-state index >= 15 is 0 Å². The van der Waals surface area contributed by atoms with E-state index in [0.717, 1.165) is 4.88 Å². The Morgan fingerprint density at radius 2 is 2.17 bits per heavy atom. The Morgan fingerprint density at radius 1 is 1.56 bits per heavy atom. The lowest BCUT2D eigenvalue weighted by Gasteiger charge is -2.18. The lowest BCUT2D eigenvalue weighted by Crippen LogP contribution is -2.39. The molecular weight excluding hydrogens is 338 g/mol. The van der Waals surface area contributed by atoms with Crippen LogP contribution in [0.25, 0.3) is 0 Å². The van der Waals surface area contributed by atoms with Gasteiger partial charge in [-0.25, -0.2) is 13.1 Å². The molecule has 18 heavy (non-hydrogen) atoms. The van der Waals surface area contributed by atoms with Crippen molar-refractivity contribution in [3.63, 3.8) is 0 Å². The van der Waals surface area contributed by atoms with E-state index < -0.39 is 10.0 Å². The van der Waals surface area contributed by atoms with Crippen molar-refractivity contribution in [3.8, 4) is 0 Å². The van der Waals surface area contributed by atoms with Crippen LogP contribution >= 0.6 is 27.3 Å². The maximum absolute atomic E-state index is 12.2. The first kappa shape index (κ1) is 16.1. The average Bonchev–Trinajstić information content (AvgIpc) is 2.58. The number of sulfonamides is 1. The molecule has 0 spiro atoms. The number of nitrogens with zero attached hydrogens (tertiary/aromatic N) is 1. The van der Waals surface area contributed by atoms with Crippen molar-refractivity contribution in [2.75, 3.05) is 20.6 Å². The molecule has 0 fully saturated rings. The normalized spacial score (nSPS) is 14.1. The van der Waals surface area contributed by atoms with Gasteiger partial charge < -0.3 is 10.6 Å². The third kappa shape index (κ3) is 4.29. The first-order valence-electron chi connectivity index (χ1n) is 5.41. The van der Waals surface area contributed by atoms with Crippen LogP contribution in [-0.2, 0) is 16.6 Å². The number of hydrogen-bond acceptors (Lipinski definition) is 5. The fourth-order valence-electron chi connectivity index (χ4n) is 1.59. The van der Waals surface area contributed by atoms with Crippen molar-refractivity contribution < 1.29 is 8.42 Å². The molecule has 1 rings (SSSR count). The molecule has 0 aliphatic heterocycles. The monoisotopic (exact) mass is 355 g/mol. The maximum atomic E-state index is 12.2. The Labute approximate surface area is 121 Å². The Balaban J connectivity index is 2.89. The maximum Gasteiger partial charge on any atom is 0.242 e. The van der Waals surface area contributed by atoms with Crippen molar-refractivity contribution in [1.82, 2.24) is 9.62 Å². The minimum atomic E-state index is -3.49. The van der Waals surface area contributed by atoms with Gasteiger partial charge in [0.1, 0.15) is 4.90 Å². The Kier molecular flexibility index (Phi) is 5.75. The van der Waals surface area contributed by atoms with Gasteiger partial charge in [0.05, 0.1) is 3.79 Å². The summed E-state index contributed by atoms with van der Waals surface area (Å²) in [6.45, 7) is 2.82. The van der Waals surface area contributed by atoms with Crippen molar-refractivity contribution >= 4 is 37.3 Å². The number of hydrogen-bond donors (Lipinski definition) is 2. The summed E-state index contributed by atoms with van der Waals surface area (Å²) in [6, 6.07) is 1.46. The zero-order chi connectivity index (χ0) is 13.9. The second kappa shape index (κ2) is 6.44. The van der Waals surface area contributed by atoms with E-state index in [4.69, 9.17) is 5.73 Å². The molecule has 1 aromatic rings. The molecule has 0 amide bonds. The van der Waals surface area contributed by atoms with E-state index in [1.165, 1.54) is 11.3 Å². The van der Waals surface area contributed by atoms with Crippen molar-refractivity contribution in [3.05, 3.63) is 14.7 Å². The molecule has 1 unspecified atom stereocenters. The zero-order valence-corrected chi connectivity index (χ0v) is 13.8. The largest absolute Gasteiger partial charge is 0.326 e. The summed E-state index contributed by atoms with van der Waals surface area (Å²) in [7, 11) is 0.308. The van der Waals surface area contributed by atoms with E-state index in [-0.39, 0.29) is 10.9 Å². The molecule has 0 radical (unpaired) electrons. The molecule has 0 saturated carbocycles. The minimum Gasteiger partial charge on any atom is -0.326 e. The number of thiophene rings is 1. The van der Waals surface area contributed by atoms with E-state index in [1.54, 1.807) is 6.07 Å². The zero-order valence-electron chi connectivity index (χ0n) is 10.6. The first-order chi connectivity index (χ1) is 8.26. The van der Waals surface area contributed by atoms with Crippen molar-refractivity contribution in [1.29, 1.82) is 0 Å². The van der Waals surface area contributed by atoms with Gasteiger partial charge in [0.25, 0.3) is 0 Å². The Morgan fingerprint density at radius 3 is 2.61 bits per heavy atom. The molecule has 8 heteroatoms. The third-order valence-corrected chi connectivity index (χ3v) is 6.06. The van der Waals surface area contributed by atoms with Gasteiger partial charge >= 0.3 is 0 Å². The fraction of sp³-hybridized carbons (Fsp3) is 0.600. The molecule has 104 valence electrons. The second-order valence-electron chi connectivity index (χ2n) is 4.34. The summed E-state index contributed by atoms with van der Waals surface area (Å²) < 4.78 is 27.6. The summed E-state index contributed by atoms with van der Waals surface area (Å²) in [5, 5.41) is 0. The van der Waals surface area contributed by atoms with Crippen LogP contribution in [0.1, 0.15) is 11.8 Å². The van der Waals surface area contributed by atoms with E-state index in [2.05, 4.69) is 20.7 Å². The van der Waals surface area contributed by atoms with Gasteiger partial charge in [0.2, 0.25) is 10.0 Å². The van der Waals surface area contributed by atoms with Crippen LogP contribution in [0, 0.1) is 0 Å². The average molecular weight is 356 g/mol. The van der Waals surface area contributed by atoms with Crippen LogP contribution in [-0.4, -0.2) is 40.0 Å². The third-order valence-electron chi connectivity index (χ3n) is 2.19. The van der Waals surface area contributed by atoms with Crippen LogP contribution in [0.5, 0.6) is 0 Å². The number of rotatable bonds is 6. The Hall–Kier alpha value is 0.01000. The van der Waals surface area contributed by atoms with Gasteiger partial charge in [-0.3, -0.25) is 0 Å². The highest BCUT2D eigenvalue weighted by atomic mass is 79.9. The van der Waals surface area contributed by atoms with Crippen LogP contribution < -0.4 is 10.5 Å². The van der Waals surface area contributed by atoms with Gasteiger partial charge in [-0.1, -0.05) is 0 Å². The predicted molar refractivity (Wildman–Crippen MR) is 78.2 cm³/mol. The quantitative estimate of drug-likeness (QED) is 0.803. The molecule has 3 N–H and O–H groups in total. The van der Waals surface area contributed by atoms with Gasteiger partial charge in [-0.2, -0.15) is 0 Å². The SMILES string of the molecule is CC(CN(C)C)NS(=O)(=O)c1cc(CN)sc1Br. The second-order valence-corrected chi connectivity index (χ2v) is 8.48. The summed E-state index contributed by atoms with van der Waals surface area (Å²) >= 11 is 4.61. The van der Waals surface area contributed by atoms with Gasteiger partial charge in [-0.15, -0.1) is 11.3 Å². The summed E-state index contributed by atoms with van der Waals surface area (Å²) in [5.41, 5.74) is 5.51. The van der Waals surface area contributed by atoms with Gasteiger partial charge in [0, 0.05) is 24.0 Å². The van der Waals surface area contributed by atoms with Gasteiger partial charge in [0.15, 0.2) is 0 Å². The molecule has 0 aliphatic carbocycles. The number of nitrogens with one attached hydrogen (secondary N) is 1. The highest BCUT2D eigenvalue weighted by molar-refractivity contribution is 9.11. The van der Waals surface area contributed by atoms with Crippen LogP contribution in [0.15, 0.2) is 14.7 Å². The highest BCUT2D eigenvalue weighted by Crippen LogP contribution is 2.31. The number of nitrogens with two attached hydrogens (primary N) is 1. The summed E-state index contributed by atoms with van der Waals surface area (Å²) in [5.74, 6) is 0. The van der Waals surface area contributed by atoms with Crippen LogP contribution in [0.3, 0.4) is 0 Å². The fourth-order valence-corrected chi connectivity index (χ4v) is 5.39. The van der Waals surface area contributed by atoms with Crippen LogP contribution in [0.4, 0.5) is 0 Å². The minimum absolute atomic E-state index is 0.155. The van der Waals surface area contributed by atoms with Crippen molar-refractivity contribution in [2.24, 2.45) is 5.73 Å².